The molecule has 1 amide bonds. The number of carboxylic acid groups (broad SMARTS) is 1. The van der Waals surface area contributed by atoms with E-state index in [-0.39, 0.29) is 18.6 Å². The minimum atomic E-state index is -1.11. The lowest BCUT2D eigenvalue weighted by Gasteiger charge is -2.31. The highest BCUT2D eigenvalue weighted by Gasteiger charge is 2.51. The molecule has 0 bridgehead atoms. The highest BCUT2D eigenvalue weighted by Crippen LogP contribution is 2.37. The van der Waals surface area contributed by atoms with E-state index < -0.39 is 29.5 Å². The van der Waals surface area contributed by atoms with E-state index in [0.29, 0.717) is 18.6 Å². The predicted molar refractivity (Wildman–Crippen MR) is 77.0 cm³/mol. The first kappa shape index (κ1) is 16.1. The molecule has 1 aromatic carbocycles. The molecule has 0 spiro atoms. The van der Waals surface area contributed by atoms with Crippen molar-refractivity contribution in [1.29, 1.82) is 0 Å². The summed E-state index contributed by atoms with van der Waals surface area (Å²) in [6, 6.07) is 2.72. The van der Waals surface area contributed by atoms with Crippen molar-refractivity contribution in [3.05, 3.63) is 35.4 Å². The number of epoxide rings is 1. The molecule has 3 rings (SSSR count). The monoisotopic (exact) mass is 327 g/mol. The summed E-state index contributed by atoms with van der Waals surface area (Å²) in [4.78, 5) is 12.9. The summed E-state index contributed by atoms with van der Waals surface area (Å²) in [7, 11) is 0. The molecule has 126 valence electrons. The summed E-state index contributed by atoms with van der Waals surface area (Å²) in [6.45, 7) is 3.98. The van der Waals surface area contributed by atoms with Crippen molar-refractivity contribution in [3.8, 4) is 0 Å². The molecule has 1 aromatic rings. The molecule has 0 radical (unpaired) electrons. The van der Waals surface area contributed by atoms with Gasteiger partial charge in [-0.2, -0.15) is 0 Å². The second kappa shape index (κ2) is 5.72. The third-order valence-electron chi connectivity index (χ3n) is 4.25. The van der Waals surface area contributed by atoms with Crippen LogP contribution < -0.4 is 0 Å². The number of rotatable bonds is 4. The van der Waals surface area contributed by atoms with E-state index in [1.165, 1.54) is 17.0 Å². The molecule has 0 aliphatic carbocycles. The fraction of sp³-hybridized carbons (Fsp3) is 0.562. The Morgan fingerprint density at radius 3 is 2.48 bits per heavy atom. The molecule has 2 fully saturated rings. The summed E-state index contributed by atoms with van der Waals surface area (Å²) < 4.78 is 37.9. The zero-order chi connectivity index (χ0) is 16.8. The van der Waals surface area contributed by atoms with Gasteiger partial charge in [-0.3, -0.25) is 4.90 Å². The van der Waals surface area contributed by atoms with Gasteiger partial charge in [0.15, 0.2) is 0 Å². The van der Waals surface area contributed by atoms with Gasteiger partial charge in [-0.25, -0.2) is 13.6 Å². The van der Waals surface area contributed by atoms with E-state index in [0.717, 1.165) is 6.07 Å². The molecule has 2 aliphatic rings. The Morgan fingerprint density at radius 2 is 1.96 bits per heavy atom. The summed E-state index contributed by atoms with van der Waals surface area (Å²) >= 11 is 0. The van der Waals surface area contributed by atoms with Crippen LogP contribution in [0.25, 0.3) is 0 Å². The molecule has 23 heavy (non-hydrogen) atoms. The average Bonchev–Trinajstić information content (AvgIpc) is 3.14. The van der Waals surface area contributed by atoms with Gasteiger partial charge in [-0.1, -0.05) is 0 Å². The number of halogens is 2. The van der Waals surface area contributed by atoms with Gasteiger partial charge >= 0.3 is 6.09 Å². The number of nitrogens with zero attached hydrogens (tertiary/aromatic N) is 1. The van der Waals surface area contributed by atoms with Gasteiger partial charge in [0.1, 0.15) is 17.4 Å². The van der Waals surface area contributed by atoms with Crippen molar-refractivity contribution in [2.75, 3.05) is 6.61 Å². The quantitative estimate of drug-likeness (QED) is 0.864. The lowest BCUT2D eigenvalue weighted by atomic mass is 9.97. The highest BCUT2D eigenvalue weighted by atomic mass is 19.1. The number of benzene rings is 1. The highest BCUT2D eigenvalue weighted by molar-refractivity contribution is 5.67. The Labute approximate surface area is 132 Å². The number of ether oxygens (including phenoxy) is 2. The Kier molecular flexibility index (Phi) is 4.01. The maximum absolute atomic E-state index is 13.4. The van der Waals surface area contributed by atoms with E-state index in [1.807, 2.05) is 0 Å². The first-order chi connectivity index (χ1) is 10.8. The summed E-state index contributed by atoms with van der Waals surface area (Å²) in [5, 5.41) is 9.54. The predicted octanol–water partition coefficient (Wildman–Crippen LogP) is 2.78. The molecule has 3 atom stereocenters. The van der Waals surface area contributed by atoms with Crippen LogP contribution in [-0.2, 0) is 15.9 Å². The number of hydrogen-bond donors (Lipinski definition) is 1. The van der Waals surface area contributed by atoms with Crippen LogP contribution in [0.2, 0.25) is 0 Å². The van der Waals surface area contributed by atoms with Crippen LogP contribution in [0.1, 0.15) is 25.8 Å². The molecule has 5 nitrogen and oxygen atoms in total. The minimum Gasteiger partial charge on any atom is -0.465 e. The Hall–Kier alpha value is -1.73. The first-order valence-corrected chi connectivity index (χ1v) is 7.53. The first-order valence-electron chi connectivity index (χ1n) is 7.53. The Morgan fingerprint density at radius 1 is 1.35 bits per heavy atom. The molecule has 2 saturated heterocycles. The summed E-state index contributed by atoms with van der Waals surface area (Å²) in [5.74, 6) is -1.36. The SMILES string of the molecule is CC1(C)O[C@H](C[C@H]2CO2)[C@H](Cc2cc(F)cc(F)c2)N1C(=O)O. The van der Waals surface area contributed by atoms with Crippen molar-refractivity contribution in [2.45, 2.75) is 50.7 Å². The number of carbonyl (C=O) groups is 1. The molecule has 0 saturated carbocycles. The van der Waals surface area contributed by atoms with E-state index in [2.05, 4.69) is 0 Å². The van der Waals surface area contributed by atoms with E-state index >= 15 is 0 Å². The molecular weight excluding hydrogens is 308 g/mol. The Bertz CT molecular complexity index is 598. The Balaban J connectivity index is 1.87. The second-order valence-electron chi connectivity index (χ2n) is 6.50. The molecule has 0 aromatic heterocycles. The number of hydrogen-bond acceptors (Lipinski definition) is 3. The zero-order valence-electron chi connectivity index (χ0n) is 13.0. The maximum Gasteiger partial charge on any atom is 0.409 e. The van der Waals surface area contributed by atoms with Gasteiger partial charge < -0.3 is 14.6 Å². The molecule has 7 heteroatoms. The molecule has 2 heterocycles. The number of amides is 1. The maximum atomic E-state index is 13.4. The van der Waals surface area contributed by atoms with Crippen LogP contribution in [0, 0.1) is 11.6 Å². The molecule has 0 unspecified atom stereocenters. The van der Waals surface area contributed by atoms with E-state index in [9.17, 15) is 18.7 Å². The van der Waals surface area contributed by atoms with Crippen LogP contribution in [-0.4, -0.2) is 46.7 Å². The normalized spacial score (nSPS) is 28.9. The van der Waals surface area contributed by atoms with E-state index in [1.54, 1.807) is 13.8 Å². The summed E-state index contributed by atoms with van der Waals surface area (Å²) in [6.07, 6.45) is -0.676. The largest absolute Gasteiger partial charge is 0.465 e. The average molecular weight is 327 g/mol. The van der Waals surface area contributed by atoms with Crippen molar-refractivity contribution >= 4 is 6.09 Å². The standard InChI is InChI=1S/C16H19F2NO4/c1-16(2)19(15(20)21)13(14(23-16)7-12-8-22-12)5-9-3-10(17)6-11(18)4-9/h3-4,6,12-14H,5,7-8H2,1-2H3,(H,20,21)/t12-,13-,14+/m0/s1. The lowest BCUT2D eigenvalue weighted by molar-refractivity contribution is -0.0688. The van der Waals surface area contributed by atoms with Gasteiger partial charge in [0.2, 0.25) is 0 Å². The van der Waals surface area contributed by atoms with Crippen molar-refractivity contribution in [1.82, 2.24) is 4.90 Å². The molecular formula is C16H19F2NO4. The lowest BCUT2D eigenvalue weighted by Crippen LogP contribution is -2.48. The summed E-state index contributed by atoms with van der Waals surface area (Å²) in [5.41, 5.74) is -0.594. The van der Waals surface area contributed by atoms with Crippen LogP contribution in [0.3, 0.4) is 0 Å². The minimum absolute atomic E-state index is 0.0660. The fourth-order valence-electron chi connectivity index (χ4n) is 3.31. The van der Waals surface area contributed by atoms with Crippen molar-refractivity contribution < 1.29 is 28.2 Å². The fourth-order valence-corrected chi connectivity index (χ4v) is 3.31. The second-order valence-corrected chi connectivity index (χ2v) is 6.50. The van der Waals surface area contributed by atoms with Gasteiger partial charge in [0, 0.05) is 12.5 Å². The molecule has 2 aliphatic heterocycles. The van der Waals surface area contributed by atoms with E-state index in [4.69, 9.17) is 9.47 Å². The van der Waals surface area contributed by atoms with Crippen LogP contribution in [0.4, 0.5) is 13.6 Å². The van der Waals surface area contributed by atoms with Crippen molar-refractivity contribution in [3.63, 3.8) is 0 Å². The topological polar surface area (TPSA) is 62.3 Å². The van der Waals surface area contributed by atoms with Crippen LogP contribution in [0.15, 0.2) is 18.2 Å². The van der Waals surface area contributed by atoms with Crippen molar-refractivity contribution in [2.24, 2.45) is 0 Å². The van der Waals surface area contributed by atoms with Crippen LogP contribution >= 0.6 is 0 Å². The van der Waals surface area contributed by atoms with Gasteiger partial charge in [0.25, 0.3) is 0 Å². The molecule has 1 N–H and O–H groups in total. The third kappa shape index (κ3) is 3.45. The zero-order valence-corrected chi connectivity index (χ0v) is 13.0. The smallest absolute Gasteiger partial charge is 0.409 e. The third-order valence-corrected chi connectivity index (χ3v) is 4.25. The van der Waals surface area contributed by atoms with Gasteiger partial charge in [-0.15, -0.1) is 0 Å². The van der Waals surface area contributed by atoms with Gasteiger partial charge in [0.05, 0.1) is 24.9 Å². The van der Waals surface area contributed by atoms with Gasteiger partial charge in [-0.05, 0) is 38.0 Å². The van der Waals surface area contributed by atoms with Crippen LogP contribution in [0.5, 0.6) is 0 Å².